The van der Waals surface area contributed by atoms with Gasteiger partial charge in [0.25, 0.3) is 0 Å². The summed E-state index contributed by atoms with van der Waals surface area (Å²) in [6, 6.07) is 10.1. The number of nitrogens with zero attached hydrogens (tertiary/aromatic N) is 5. The number of imidazole rings is 1. The standard InChI is InChI=1S/C21H25FN6/c1-15-7-10-26(11-8-15)28-14-25-20(16-3-5-17(22)6-4-16)21(28)27-12-9-18(23)13-19(27)24-2/h3-6,9,12-15H,7-8,10-11,23H2,1-2H3. The molecule has 0 radical (unpaired) electrons. The van der Waals surface area contributed by atoms with Crippen molar-refractivity contribution in [3.05, 3.63) is 60.2 Å². The van der Waals surface area contributed by atoms with Crippen molar-refractivity contribution in [1.82, 2.24) is 14.2 Å². The zero-order valence-electron chi connectivity index (χ0n) is 16.2. The Morgan fingerprint density at radius 2 is 1.86 bits per heavy atom. The number of nitrogen functional groups attached to an aromatic ring is 1. The third-order valence-corrected chi connectivity index (χ3v) is 5.32. The smallest absolute Gasteiger partial charge is 0.165 e. The van der Waals surface area contributed by atoms with Crippen LogP contribution in [0.5, 0.6) is 0 Å². The van der Waals surface area contributed by atoms with Crippen molar-refractivity contribution >= 4 is 5.69 Å². The summed E-state index contributed by atoms with van der Waals surface area (Å²) in [7, 11) is 1.74. The maximum atomic E-state index is 13.5. The van der Waals surface area contributed by atoms with Gasteiger partial charge >= 0.3 is 0 Å². The van der Waals surface area contributed by atoms with Crippen LogP contribution in [0.2, 0.25) is 0 Å². The molecule has 7 heteroatoms. The SMILES string of the molecule is CN=c1cc(N)ccn1-c1c(-c2ccc(F)cc2)ncn1N1CCC(C)CC1. The lowest BCUT2D eigenvalue weighted by Crippen LogP contribution is -2.42. The summed E-state index contributed by atoms with van der Waals surface area (Å²) in [6.07, 6.45) is 6.03. The molecule has 1 aliphatic rings. The molecule has 1 aliphatic heterocycles. The molecular formula is C21H25FN6. The summed E-state index contributed by atoms with van der Waals surface area (Å²) in [5.74, 6) is 1.34. The van der Waals surface area contributed by atoms with Crippen molar-refractivity contribution in [3.63, 3.8) is 0 Å². The number of pyridine rings is 1. The number of aromatic nitrogens is 3. The molecule has 0 bridgehead atoms. The number of nitrogens with two attached hydrogens (primary N) is 1. The van der Waals surface area contributed by atoms with Crippen LogP contribution in [-0.2, 0) is 0 Å². The van der Waals surface area contributed by atoms with Crippen LogP contribution in [0.25, 0.3) is 17.1 Å². The molecule has 0 amide bonds. The van der Waals surface area contributed by atoms with Crippen molar-refractivity contribution in [1.29, 1.82) is 0 Å². The van der Waals surface area contributed by atoms with Gasteiger partial charge in [0.2, 0.25) is 0 Å². The van der Waals surface area contributed by atoms with Crippen LogP contribution in [0.1, 0.15) is 19.8 Å². The molecule has 4 rings (SSSR count). The number of benzene rings is 1. The van der Waals surface area contributed by atoms with E-state index in [1.165, 1.54) is 12.1 Å². The Balaban J connectivity index is 1.90. The van der Waals surface area contributed by atoms with Crippen LogP contribution in [-0.4, -0.2) is 34.4 Å². The molecule has 28 heavy (non-hydrogen) atoms. The quantitative estimate of drug-likeness (QED) is 0.760. The maximum Gasteiger partial charge on any atom is 0.165 e. The number of rotatable bonds is 3. The number of halogens is 1. The van der Waals surface area contributed by atoms with Gasteiger partial charge in [-0.05, 0) is 49.1 Å². The second kappa shape index (κ2) is 7.50. The van der Waals surface area contributed by atoms with Gasteiger partial charge in [0.05, 0.1) is 0 Å². The van der Waals surface area contributed by atoms with Gasteiger partial charge in [0.15, 0.2) is 5.82 Å². The van der Waals surface area contributed by atoms with Crippen molar-refractivity contribution in [2.45, 2.75) is 19.8 Å². The van der Waals surface area contributed by atoms with Gasteiger partial charge in [-0.1, -0.05) is 6.92 Å². The van der Waals surface area contributed by atoms with Crippen LogP contribution in [0, 0.1) is 11.7 Å². The van der Waals surface area contributed by atoms with E-state index in [0.717, 1.165) is 54.4 Å². The Morgan fingerprint density at radius 3 is 2.54 bits per heavy atom. The molecule has 1 saturated heterocycles. The first-order valence-electron chi connectivity index (χ1n) is 9.56. The van der Waals surface area contributed by atoms with Crippen molar-refractivity contribution in [2.75, 3.05) is 30.9 Å². The fourth-order valence-electron chi connectivity index (χ4n) is 3.64. The first kappa shape index (κ1) is 18.3. The average Bonchev–Trinajstić information content (AvgIpc) is 3.13. The van der Waals surface area contributed by atoms with Crippen LogP contribution in [0.3, 0.4) is 0 Å². The predicted molar refractivity (Wildman–Crippen MR) is 109 cm³/mol. The van der Waals surface area contributed by atoms with Gasteiger partial charge in [-0.3, -0.25) is 9.56 Å². The first-order chi connectivity index (χ1) is 13.6. The summed E-state index contributed by atoms with van der Waals surface area (Å²) in [6.45, 7) is 4.21. The van der Waals surface area contributed by atoms with E-state index in [4.69, 9.17) is 5.73 Å². The second-order valence-electron chi connectivity index (χ2n) is 7.32. The number of hydrogen-bond acceptors (Lipinski definition) is 4. The Bertz CT molecular complexity index is 1030. The molecular weight excluding hydrogens is 355 g/mol. The largest absolute Gasteiger partial charge is 0.399 e. The summed E-state index contributed by atoms with van der Waals surface area (Å²) in [5, 5.41) is 2.30. The zero-order chi connectivity index (χ0) is 19.7. The number of anilines is 1. The predicted octanol–water partition coefficient (Wildman–Crippen LogP) is 2.96. The topological polar surface area (TPSA) is 64.4 Å². The summed E-state index contributed by atoms with van der Waals surface area (Å²) < 4.78 is 17.5. The molecule has 146 valence electrons. The lowest BCUT2D eigenvalue weighted by atomic mass is 10.0. The minimum Gasteiger partial charge on any atom is -0.399 e. The Labute approximate surface area is 163 Å². The van der Waals surface area contributed by atoms with Crippen LogP contribution in [0.4, 0.5) is 10.1 Å². The Hall–Kier alpha value is -3.09. The van der Waals surface area contributed by atoms with E-state index in [-0.39, 0.29) is 5.82 Å². The Kier molecular flexibility index (Phi) is 4.90. The van der Waals surface area contributed by atoms with Crippen molar-refractivity contribution < 1.29 is 4.39 Å². The highest BCUT2D eigenvalue weighted by Crippen LogP contribution is 2.27. The first-order valence-corrected chi connectivity index (χ1v) is 9.56. The van der Waals surface area contributed by atoms with E-state index < -0.39 is 0 Å². The van der Waals surface area contributed by atoms with E-state index in [9.17, 15) is 4.39 Å². The molecule has 0 aliphatic carbocycles. The maximum absolute atomic E-state index is 13.5. The third-order valence-electron chi connectivity index (χ3n) is 5.32. The van der Waals surface area contributed by atoms with Gasteiger partial charge in [0.1, 0.15) is 23.3 Å². The highest BCUT2D eigenvalue weighted by atomic mass is 19.1. The van der Waals surface area contributed by atoms with E-state index in [0.29, 0.717) is 5.69 Å². The van der Waals surface area contributed by atoms with E-state index in [1.807, 2.05) is 29.2 Å². The van der Waals surface area contributed by atoms with Crippen molar-refractivity contribution in [3.8, 4) is 17.1 Å². The van der Waals surface area contributed by atoms with E-state index >= 15 is 0 Å². The molecule has 3 heterocycles. The fourth-order valence-corrected chi connectivity index (χ4v) is 3.64. The van der Waals surface area contributed by atoms with Gasteiger partial charge in [-0.25, -0.2) is 14.1 Å². The average molecular weight is 380 g/mol. The molecule has 2 aromatic heterocycles. The molecule has 3 aromatic rings. The molecule has 0 atom stereocenters. The second-order valence-corrected chi connectivity index (χ2v) is 7.32. The molecule has 2 N–H and O–H groups in total. The lowest BCUT2D eigenvalue weighted by Gasteiger charge is -2.33. The molecule has 0 saturated carbocycles. The molecule has 1 fully saturated rings. The molecule has 0 unspecified atom stereocenters. The highest BCUT2D eigenvalue weighted by molar-refractivity contribution is 5.67. The third kappa shape index (κ3) is 3.40. The summed E-state index contributed by atoms with van der Waals surface area (Å²) in [5.41, 5.74) is 8.98. The number of hydrogen-bond donors (Lipinski definition) is 1. The molecule has 6 nitrogen and oxygen atoms in total. The normalized spacial score (nSPS) is 16.0. The minimum atomic E-state index is -0.265. The van der Waals surface area contributed by atoms with Crippen LogP contribution < -0.4 is 16.2 Å². The van der Waals surface area contributed by atoms with Crippen LogP contribution >= 0.6 is 0 Å². The monoisotopic (exact) mass is 380 g/mol. The highest BCUT2D eigenvalue weighted by Gasteiger charge is 2.22. The van der Waals surface area contributed by atoms with Crippen LogP contribution in [0.15, 0.2) is 53.9 Å². The minimum absolute atomic E-state index is 0.265. The van der Waals surface area contributed by atoms with Gasteiger partial charge < -0.3 is 10.7 Å². The van der Waals surface area contributed by atoms with E-state index in [1.54, 1.807) is 19.2 Å². The lowest BCUT2D eigenvalue weighted by molar-refractivity contribution is 0.385. The summed E-state index contributed by atoms with van der Waals surface area (Å²) >= 11 is 0. The molecule has 1 aromatic carbocycles. The molecule has 0 spiro atoms. The summed E-state index contributed by atoms with van der Waals surface area (Å²) in [4.78, 5) is 9.09. The van der Waals surface area contributed by atoms with Gasteiger partial charge in [-0.2, -0.15) is 0 Å². The Morgan fingerprint density at radius 1 is 1.14 bits per heavy atom. The number of piperidine rings is 1. The van der Waals surface area contributed by atoms with E-state index in [2.05, 4.69) is 26.6 Å². The zero-order valence-corrected chi connectivity index (χ0v) is 16.2. The van der Waals surface area contributed by atoms with Crippen molar-refractivity contribution in [2.24, 2.45) is 10.9 Å². The fraction of sp³-hybridized carbons (Fsp3) is 0.333. The van der Waals surface area contributed by atoms with Gasteiger partial charge in [0, 0.05) is 43.7 Å². The van der Waals surface area contributed by atoms with Gasteiger partial charge in [-0.15, -0.1) is 0 Å².